The quantitative estimate of drug-likeness (QED) is 0.583. The molecule has 0 radical (unpaired) electrons. The zero-order valence-corrected chi connectivity index (χ0v) is 10.9. The van der Waals surface area contributed by atoms with E-state index in [0.717, 1.165) is 18.4 Å². The predicted octanol–water partition coefficient (Wildman–Crippen LogP) is 2.68. The normalized spacial score (nSPS) is 35.3. The second kappa shape index (κ2) is 4.39. The molecule has 1 unspecified atom stereocenters. The summed E-state index contributed by atoms with van der Waals surface area (Å²) >= 11 is 0. The molecule has 3 nitrogen and oxygen atoms in total. The number of aliphatic hydroxyl groups excluding tert-OH is 1. The second-order valence-corrected chi connectivity index (χ2v) is 5.65. The molecule has 3 atom stereocenters. The number of carbonyl (C=O) groups is 1. The lowest BCUT2D eigenvalue weighted by molar-refractivity contribution is -0.133. The fourth-order valence-corrected chi connectivity index (χ4v) is 3.10. The average Bonchev–Trinajstić information content (AvgIpc) is 2.33. The first-order valence-electron chi connectivity index (χ1n) is 6.35. The van der Waals surface area contributed by atoms with Gasteiger partial charge in [-0.15, -0.1) is 0 Å². The van der Waals surface area contributed by atoms with E-state index in [0.29, 0.717) is 12.0 Å². The maximum Gasteiger partial charge on any atom is 0.331 e. The van der Waals surface area contributed by atoms with Gasteiger partial charge in [-0.25, -0.2) is 4.79 Å². The average molecular weight is 248 g/mol. The summed E-state index contributed by atoms with van der Waals surface area (Å²) in [5.41, 5.74) is 2.44. The first-order chi connectivity index (χ1) is 8.35. The van der Waals surface area contributed by atoms with Gasteiger partial charge in [0, 0.05) is 11.0 Å². The summed E-state index contributed by atoms with van der Waals surface area (Å²) in [6, 6.07) is 0. The van der Waals surface area contributed by atoms with Gasteiger partial charge in [-0.1, -0.05) is 31.2 Å². The molecule has 18 heavy (non-hydrogen) atoms. The van der Waals surface area contributed by atoms with Crippen LogP contribution >= 0.6 is 0 Å². The summed E-state index contributed by atoms with van der Waals surface area (Å²) in [7, 11) is 0. The highest BCUT2D eigenvalue weighted by molar-refractivity contribution is 5.86. The number of hydrogen-bond acceptors (Lipinski definition) is 2. The highest BCUT2D eigenvalue weighted by Gasteiger charge is 2.39. The van der Waals surface area contributed by atoms with Crippen molar-refractivity contribution in [3.8, 4) is 0 Å². The Bertz CT molecular complexity index is 458. The zero-order valence-electron chi connectivity index (χ0n) is 10.9. The van der Waals surface area contributed by atoms with Crippen LogP contribution in [0.2, 0.25) is 0 Å². The van der Waals surface area contributed by atoms with Gasteiger partial charge in [0.1, 0.15) is 0 Å². The molecule has 3 heteroatoms. The zero-order chi connectivity index (χ0) is 13.5. The topological polar surface area (TPSA) is 57.5 Å². The number of hydrogen-bond donors (Lipinski definition) is 2. The van der Waals surface area contributed by atoms with Crippen LogP contribution in [0.25, 0.3) is 0 Å². The number of allylic oxidation sites excluding steroid dienone is 2. The molecular weight excluding hydrogens is 228 g/mol. The molecule has 2 aliphatic rings. The fraction of sp³-hybridized carbons (Fsp3) is 0.533. The van der Waals surface area contributed by atoms with Gasteiger partial charge in [0.25, 0.3) is 0 Å². The van der Waals surface area contributed by atoms with Crippen molar-refractivity contribution in [1.82, 2.24) is 0 Å². The number of carboxylic acids is 1. The van der Waals surface area contributed by atoms with Gasteiger partial charge in [-0.2, -0.15) is 0 Å². The van der Waals surface area contributed by atoms with Crippen molar-refractivity contribution < 1.29 is 15.0 Å². The molecule has 0 spiro atoms. The van der Waals surface area contributed by atoms with Crippen molar-refractivity contribution >= 4 is 5.97 Å². The third kappa shape index (κ3) is 2.03. The molecule has 0 heterocycles. The Morgan fingerprint density at radius 1 is 1.56 bits per heavy atom. The Balaban J connectivity index is 2.29. The van der Waals surface area contributed by atoms with Crippen LogP contribution in [0.15, 0.2) is 35.5 Å². The highest BCUT2D eigenvalue weighted by Crippen LogP contribution is 2.49. The molecular formula is C15H20O3. The Morgan fingerprint density at radius 3 is 2.83 bits per heavy atom. The molecule has 98 valence electrons. The van der Waals surface area contributed by atoms with Crippen molar-refractivity contribution in [3.63, 3.8) is 0 Å². The number of carboxylic acid groups (broad SMARTS) is 1. The van der Waals surface area contributed by atoms with E-state index in [-0.39, 0.29) is 11.3 Å². The van der Waals surface area contributed by atoms with E-state index < -0.39 is 12.1 Å². The molecule has 0 aromatic rings. The van der Waals surface area contributed by atoms with Crippen LogP contribution in [0, 0.1) is 11.3 Å². The lowest BCUT2D eigenvalue weighted by atomic mass is 9.63. The second-order valence-electron chi connectivity index (χ2n) is 5.65. The van der Waals surface area contributed by atoms with Crippen molar-refractivity contribution in [2.45, 2.75) is 39.2 Å². The lowest BCUT2D eigenvalue weighted by Crippen LogP contribution is -2.32. The van der Waals surface area contributed by atoms with Crippen LogP contribution in [-0.2, 0) is 4.79 Å². The van der Waals surface area contributed by atoms with Gasteiger partial charge < -0.3 is 10.2 Å². The number of aliphatic hydroxyl groups is 1. The summed E-state index contributed by atoms with van der Waals surface area (Å²) in [5.74, 6) is -0.909. The molecule has 0 bridgehead atoms. The molecule has 2 N–H and O–H groups in total. The minimum atomic E-state index is -0.909. The maximum atomic E-state index is 11.0. The molecule has 0 amide bonds. The SMILES string of the molecule is C=C(C(=O)O)[C@@H]1CC[C@@]2(C)C=CC(O)C(C)=C2C1. The van der Waals surface area contributed by atoms with Gasteiger partial charge in [0.05, 0.1) is 6.10 Å². The molecule has 2 rings (SSSR count). The molecule has 1 fully saturated rings. The van der Waals surface area contributed by atoms with Gasteiger partial charge in [0.2, 0.25) is 0 Å². The van der Waals surface area contributed by atoms with E-state index in [1.54, 1.807) is 0 Å². The number of rotatable bonds is 2. The smallest absolute Gasteiger partial charge is 0.331 e. The van der Waals surface area contributed by atoms with Gasteiger partial charge in [-0.3, -0.25) is 0 Å². The standard InChI is InChI=1S/C15H20O3/c1-9(14(17)18)11-4-6-15(3)7-5-13(16)10(2)12(15)8-11/h5,7,11,13,16H,1,4,6,8H2,2-3H3,(H,17,18)/t11-,13?,15+/m1/s1. The third-order valence-electron chi connectivity index (χ3n) is 4.49. The van der Waals surface area contributed by atoms with E-state index in [4.69, 9.17) is 5.11 Å². The molecule has 1 saturated carbocycles. The van der Waals surface area contributed by atoms with Crippen LogP contribution in [-0.4, -0.2) is 22.3 Å². The van der Waals surface area contributed by atoms with E-state index in [1.165, 1.54) is 5.57 Å². The molecule has 0 aromatic heterocycles. The lowest BCUT2D eigenvalue weighted by Gasteiger charge is -2.42. The Labute approximate surface area is 108 Å². The molecule has 0 aliphatic heterocycles. The van der Waals surface area contributed by atoms with Crippen LogP contribution < -0.4 is 0 Å². The largest absolute Gasteiger partial charge is 0.478 e. The first kappa shape index (κ1) is 13.1. The van der Waals surface area contributed by atoms with E-state index in [9.17, 15) is 9.90 Å². The van der Waals surface area contributed by atoms with Crippen molar-refractivity contribution in [2.75, 3.05) is 0 Å². The Morgan fingerprint density at radius 2 is 2.22 bits per heavy atom. The highest BCUT2D eigenvalue weighted by atomic mass is 16.4. The predicted molar refractivity (Wildman–Crippen MR) is 70.1 cm³/mol. The Hall–Kier alpha value is -1.35. The van der Waals surface area contributed by atoms with Crippen LogP contribution in [0.1, 0.15) is 33.1 Å². The Kier molecular flexibility index (Phi) is 3.20. The van der Waals surface area contributed by atoms with Gasteiger partial charge >= 0.3 is 5.97 Å². The maximum absolute atomic E-state index is 11.0. The van der Waals surface area contributed by atoms with E-state index in [1.807, 2.05) is 13.0 Å². The number of aliphatic carboxylic acids is 1. The minimum absolute atomic E-state index is 0.000718. The van der Waals surface area contributed by atoms with Crippen LogP contribution in [0.4, 0.5) is 0 Å². The van der Waals surface area contributed by atoms with Crippen LogP contribution in [0.3, 0.4) is 0 Å². The third-order valence-corrected chi connectivity index (χ3v) is 4.49. The van der Waals surface area contributed by atoms with E-state index >= 15 is 0 Å². The van der Waals surface area contributed by atoms with Crippen LogP contribution in [0.5, 0.6) is 0 Å². The summed E-state index contributed by atoms with van der Waals surface area (Å²) in [6.45, 7) is 7.78. The summed E-state index contributed by atoms with van der Waals surface area (Å²) in [6.07, 6.45) is 5.85. The summed E-state index contributed by atoms with van der Waals surface area (Å²) < 4.78 is 0. The van der Waals surface area contributed by atoms with Crippen molar-refractivity contribution in [3.05, 3.63) is 35.5 Å². The van der Waals surface area contributed by atoms with Crippen molar-refractivity contribution in [1.29, 1.82) is 0 Å². The summed E-state index contributed by atoms with van der Waals surface area (Å²) in [4.78, 5) is 11.0. The monoisotopic (exact) mass is 248 g/mol. The molecule has 2 aliphatic carbocycles. The summed E-state index contributed by atoms with van der Waals surface area (Å²) in [5, 5.41) is 18.9. The number of fused-ring (bicyclic) bond motifs is 1. The minimum Gasteiger partial charge on any atom is -0.478 e. The first-order valence-corrected chi connectivity index (χ1v) is 6.35. The van der Waals surface area contributed by atoms with Gasteiger partial charge in [0.15, 0.2) is 0 Å². The fourth-order valence-electron chi connectivity index (χ4n) is 3.10. The molecule has 0 aromatic carbocycles. The van der Waals surface area contributed by atoms with Crippen molar-refractivity contribution in [2.24, 2.45) is 11.3 Å². The molecule has 0 saturated heterocycles. The van der Waals surface area contributed by atoms with Gasteiger partial charge in [-0.05, 0) is 37.7 Å². The van der Waals surface area contributed by atoms with E-state index in [2.05, 4.69) is 19.6 Å².